The maximum absolute atomic E-state index is 11.9. The first kappa shape index (κ1) is 17.7. The van der Waals surface area contributed by atoms with E-state index in [0.717, 1.165) is 32.1 Å². The van der Waals surface area contributed by atoms with E-state index in [-0.39, 0.29) is 34.6 Å². The van der Waals surface area contributed by atoms with Crippen molar-refractivity contribution in [1.29, 1.82) is 0 Å². The summed E-state index contributed by atoms with van der Waals surface area (Å²) in [4.78, 5) is 11.9. The molecule has 0 amide bonds. The molecule has 4 aliphatic rings. The Morgan fingerprint density at radius 2 is 1.88 bits per heavy atom. The minimum atomic E-state index is -0.684. The molecule has 0 bridgehead atoms. The minimum absolute atomic E-state index is 0.00953. The van der Waals surface area contributed by atoms with E-state index in [1.165, 1.54) is 12.0 Å². The van der Waals surface area contributed by atoms with Crippen molar-refractivity contribution < 1.29 is 15.0 Å². The smallest absolute Gasteiger partial charge is 0.155 e. The maximum atomic E-state index is 11.9. The highest BCUT2D eigenvalue weighted by Crippen LogP contribution is 2.67. The highest BCUT2D eigenvalue weighted by Gasteiger charge is 2.63. The van der Waals surface area contributed by atoms with Gasteiger partial charge in [-0.1, -0.05) is 19.4 Å². The number of hydrogen-bond acceptors (Lipinski definition) is 3. The first-order valence-electron chi connectivity index (χ1n) is 10.2. The summed E-state index contributed by atoms with van der Waals surface area (Å²) in [5, 5.41) is 22.0. The Hall–Kier alpha value is -0.670. The molecule has 0 spiro atoms. The predicted octanol–water partition coefficient (Wildman–Crippen LogP) is 3.88. The van der Waals surface area contributed by atoms with Crippen LogP contribution >= 0.6 is 0 Å². The van der Waals surface area contributed by atoms with Gasteiger partial charge in [-0.05, 0) is 93.0 Å². The molecule has 3 heteroatoms. The number of allylic oxidation sites excluding steroid dienone is 1. The van der Waals surface area contributed by atoms with E-state index >= 15 is 0 Å². The van der Waals surface area contributed by atoms with Crippen LogP contribution in [-0.2, 0) is 4.79 Å². The molecular weight excluding hydrogens is 312 g/mol. The predicted molar refractivity (Wildman–Crippen MR) is 97.9 cm³/mol. The second kappa shape index (κ2) is 5.42. The van der Waals surface area contributed by atoms with Crippen LogP contribution in [0.3, 0.4) is 0 Å². The minimum Gasteiger partial charge on any atom is -0.393 e. The summed E-state index contributed by atoms with van der Waals surface area (Å²) < 4.78 is 0. The van der Waals surface area contributed by atoms with Crippen molar-refractivity contribution in [2.75, 3.05) is 0 Å². The molecule has 3 unspecified atom stereocenters. The molecule has 2 N–H and O–H groups in total. The summed E-state index contributed by atoms with van der Waals surface area (Å²) in [6.45, 7) is 8.51. The molecule has 4 rings (SSSR count). The van der Waals surface area contributed by atoms with Gasteiger partial charge in [-0.25, -0.2) is 0 Å². The molecule has 7 atom stereocenters. The number of carbonyl (C=O) groups is 1. The molecule has 0 saturated heterocycles. The highest BCUT2D eigenvalue weighted by molar-refractivity contribution is 5.91. The van der Waals surface area contributed by atoms with E-state index in [1.54, 1.807) is 0 Å². The van der Waals surface area contributed by atoms with Crippen LogP contribution in [0, 0.1) is 34.5 Å². The monoisotopic (exact) mass is 346 g/mol. The molecule has 0 aromatic heterocycles. The van der Waals surface area contributed by atoms with Crippen LogP contribution in [0.15, 0.2) is 11.6 Å². The maximum Gasteiger partial charge on any atom is 0.155 e. The van der Waals surface area contributed by atoms with Crippen molar-refractivity contribution in [3.05, 3.63) is 11.6 Å². The van der Waals surface area contributed by atoms with Crippen molar-refractivity contribution in [2.24, 2.45) is 34.5 Å². The van der Waals surface area contributed by atoms with Crippen LogP contribution in [0.5, 0.6) is 0 Å². The summed E-state index contributed by atoms with van der Waals surface area (Å²) >= 11 is 0. The lowest BCUT2D eigenvalue weighted by Gasteiger charge is -2.60. The molecule has 140 valence electrons. The molecule has 0 radical (unpaired) electrons. The first-order valence-corrected chi connectivity index (χ1v) is 10.2. The van der Waals surface area contributed by atoms with Gasteiger partial charge in [-0.2, -0.15) is 0 Å². The number of hydrogen-bond donors (Lipinski definition) is 2. The van der Waals surface area contributed by atoms with Gasteiger partial charge in [0, 0.05) is 6.42 Å². The molecule has 4 aliphatic carbocycles. The number of fused-ring (bicyclic) bond motifs is 5. The van der Waals surface area contributed by atoms with Crippen molar-refractivity contribution in [2.45, 2.75) is 84.3 Å². The quantitative estimate of drug-likeness (QED) is 0.757. The van der Waals surface area contributed by atoms with Gasteiger partial charge in [0.1, 0.15) is 0 Å². The van der Waals surface area contributed by atoms with Gasteiger partial charge >= 0.3 is 0 Å². The zero-order chi connectivity index (χ0) is 18.2. The topological polar surface area (TPSA) is 57.5 Å². The summed E-state index contributed by atoms with van der Waals surface area (Å²) in [5.74, 6) is 1.92. The first-order chi connectivity index (χ1) is 11.6. The molecule has 3 fully saturated rings. The zero-order valence-electron chi connectivity index (χ0n) is 16.2. The summed E-state index contributed by atoms with van der Waals surface area (Å²) in [5.41, 5.74) is 0.632. The molecule has 0 aliphatic heterocycles. The van der Waals surface area contributed by atoms with E-state index in [9.17, 15) is 15.0 Å². The Bertz CT molecular complexity index is 615. The van der Waals surface area contributed by atoms with Crippen LogP contribution in [-0.4, -0.2) is 27.7 Å². The Morgan fingerprint density at radius 1 is 1.16 bits per heavy atom. The van der Waals surface area contributed by atoms with Gasteiger partial charge < -0.3 is 10.2 Å². The van der Waals surface area contributed by atoms with Gasteiger partial charge in [-0.15, -0.1) is 0 Å². The molecule has 25 heavy (non-hydrogen) atoms. The Labute approximate surface area is 151 Å². The van der Waals surface area contributed by atoms with E-state index in [1.807, 2.05) is 19.9 Å². The molecule has 0 aromatic rings. The largest absolute Gasteiger partial charge is 0.393 e. The third-order valence-electron chi connectivity index (χ3n) is 8.75. The van der Waals surface area contributed by atoms with Gasteiger partial charge in [0.05, 0.1) is 11.7 Å². The SMILES string of the molecule is CC(C)(O)[C@H]1CCC2C3CCC4=CC(=O)CC[C@]4(C)C3[C@@H](O)C[C@@]21C. The molecule has 3 nitrogen and oxygen atoms in total. The van der Waals surface area contributed by atoms with Crippen LogP contribution in [0.25, 0.3) is 0 Å². The summed E-state index contributed by atoms with van der Waals surface area (Å²) in [6.07, 6.45) is 8.24. The fourth-order valence-corrected chi connectivity index (χ4v) is 7.85. The number of aliphatic hydroxyl groups excluding tert-OH is 1. The second-order valence-corrected chi connectivity index (χ2v) is 10.4. The number of aliphatic hydroxyl groups is 2. The van der Waals surface area contributed by atoms with E-state index in [4.69, 9.17) is 0 Å². The lowest BCUT2D eigenvalue weighted by atomic mass is 9.45. The number of ketones is 1. The van der Waals surface area contributed by atoms with Gasteiger partial charge in [0.15, 0.2) is 5.78 Å². The van der Waals surface area contributed by atoms with Crippen molar-refractivity contribution in [1.82, 2.24) is 0 Å². The third-order valence-corrected chi connectivity index (χ3v) is 8.75. The van der Waals surface area contributed by atoms with Crippen molar-refractivity contribution in [3.8, 4) is 0 Å². The van der Waals surface area contributed by atoms with Crippen LogP contribution in [0.2, 0.25) is 0 Å². The standard InChI is InChI=1S/C22H34O3/c1-20(2,25)18-8-7-16-15-6-5-13-11-14(23)9-10-21(13,3)19(15)17(24)12-22(16,18)4/h11,15-19,24-25H,5-10,12H2,1-4H3/t15?,16?,17-,18+,19?,21-,22-/m0/s1. The van der Waals surface area contributed by atoms with Gasteiger partial charge in [0.2, 0.25) is 0 Å². The lowest BCUT2D eigenvalue weighted by molar-refractivity contribution is -0.150. The zero-order valence-corrected chi connectivity index (χ0v) is 16.2. The third kappa shape index (κ3) is 2.41. The lowest BCUT2D eigenvalue weighted by Crippen LogP contribution is -2.58. The second-order valence-electron chi connectivity index (χ2n) is 10.4. The van der Waals surface area contributed by atoms with Gasteiger partial charge in [-0.3, -0.25) is 4.79 Å². The van der Waals surface area contributed by atoms with Crippen molar-refractivity contribution >= 4 is 5.78 Å². The normalized spacial score (nSPS) is 49.9. The molecule has 0 aromatic carbocycles. The van der Waals surface area contributed by atoms with E-state index in [0.29, 0.717) is 18.3 Å². The fraction of sp³-hybridized carbons (Fsp3) is 0.864. The fourth-order valence-electron chi connectivity index (χ4n) is 7.85. The molecule has 3 saturated carbocycles. The van der Waals surface area contributed by atoms with Crippen LogP contribution in [0.1, 0.15) is 72.6 Å². The summed E-state index contributed by atoms with van der Waals surface area (Å²) in [6, 6.07) is 0. The average molecular weight is 347 g/mol. The van der Waals surface area contributed by atoms with Crippen molar-refractivity contribution in [3.63, 3.8) is 0 Å². The average Bonchev–Trinajstić information content (AvgIpc) is 2.84. The Kier molecular flexibility index (Phi) is 3.84. The van der Waals surface area contributed by atoms with Gasteiger partial charge in [0.25, 0.3) is 0 Å². The highest BCUT2D eigenvalue weighted by atomic mass is 16.3. The van der Waals surface area contributed by atoms with E-state index in [2.05, 4.69) is 13.8 Å². The Balaban J connectivity index is 1.71. The molecule has 0 heterocycles. The molecular formula is C22H34O3. The Morgan fingerprint density at radius 3 is 2.56 bits per heavy atom. The van der Waals surface area contributed by atoms with E-state index < -0.39 is 5.60 Å². The number of carbonyl (C=O) groups excluding carboxylic acids is 1. The summed E-state index contributed by atoms with van der Waals surface area (Å²) in [7, 11) is 0. The van der Waals surface area contributed by atoms with Crippen LogP contribution < -0.4 is 0 Å². The van der Waals surface area contributed by atoms with Crippen LogP contribution in [0.4, 0.5) is 0 Å². The number of rotatable bonds is 1.